The lowest BCUT2D eigenvalue weighted by Gasteiger charge is -2.39. The lowest BCUT2D eigenvalue weighted by atomic mass is 10.1. The molecule has 0 radical (unpaired) electrons. The first-order chi connectivity index (χ1) is 10.2. The van der Waals surface area contributed by atoms with Crippen molar-refractivity contribution in [3.63, 3.8) is 0 Å². The molecular formula is C17H28BrN3. The van der Waals surface area contributed by atoms with E-state index in [1.165, 1.54) is 35.2 Å². The van der Waals surface area contributed by atoms with Crippen LogP contribution in [-0.4, -0.2) is 43.7 Å². The predicted octanol–water partition coefficient (Wildman–Crippen LogP) is 3.48. The van der Waals surface area contributed by atoms with Crippen LogP contribution in [0.25, 0.3) is 0 Å². The average Bonchev–Trinajstić information content (AvgIpc) is 2.53. The van der Waals surface area contributed by atoms with E-state index >= 15 is 0 Å². The summed E-state index contributed by atoms with van der Waals surface area (Å²) in [4.78, 5) is 5.15. The normalized spacial score (nSPS) is 18.0. The second kappa shape index (κ2) is 8.16. The van der Waals surface area contributed by atoms with Crippen molar-refractivity contribution in [2.24, 2.45) is 0 Å². The zero-order valence-electron chi connectivity index (χ0n) is 13.5. The first-order valence-electron chi connectivity index (χ1n) is 8.13. The summed E-state index contributed by atoms with van der Waals surface area (Å²) < 4.78 is 1.17. The molecule has 0 aromatic heterocycles. The van der Waals surface area contributed by atoms with Crippen molar-refractivity contribution in [3.05, 3.63) is 28.2 Å². The van der Waals surface area contributed by atoms with Gasteiger partial charge >= 0.3 is 0 Å². The molecule has 0 saturated carbocycles. The molecule has 0 aliphatic carbocycles. The van der Waals surface area contributed by atoms with Gasteiger partial charge in [0.1, 0.15) is 0 Å². The van der Waals surface area contributed by atoms with Crippen molar-refractivity contribution < 1.29 is 0 Å². The third-order valence-corrected chi connectivity index (χ3v) is 4.98. The van der Waals surface area contributed by atoms with Gasteiger partial charge in [-0.1, -0.05) is 35.8 Å². The van der Waals surface area contributed by atoms with Crippen LogP contribution in [0, 0.1) is 0 Å². The second-order valence-electron chi connectivity index (χ2n) is 5.83. The van der Waals surface area contributed by atoms with Crippen LogP contribution in [-0.2, 0) is 6.54 Å². The van der Waals surface area contributed by atoms with Crippen molar-refractivity contribution in [1.29, 1.82) is 0 Å². The number of nitrogens with one attached hydrogen (secondary N) is 1. The van der Waals surface area contributed by atoms with Gasteiger partial charge in [0.05, 0.1) is 0 Å². The molecule has 118 valence electrons. The van der Waals surface area contributed by atoms with Gasteiger partial charge in [-0.05, 0) is 37.6 Å². The number of hydrogen-bond acceptors (Lipinski definition) is 3. The molecule has 1 heterocycles. The Morgan fingerprint density at radius 2 is 1.90 bits per heavy atom. The molecule has 0 bridgehead atoms. The molecule has 1 aliphatic rings. The first-order valence-corrected chi connectivity index (χ1v) is 8.93. The van der Waals surface area contributed by atoms with E-state index < -0.39 is 0 Å². The van der Waals surface area contributed by atoms with Gasteiger partial charge in [0, 0.05) is 48.9 Å². The Balaban J connectivity index is 2.06. The highest BCUT2D eigenvalue weighted by Crippen LogP contribution is 2.26. The van der Waals surface area contributed by atoms with Crippen LogP contribution in [0.1, 0.15) is 32.8 Å². The Hall–Kier alpha value is -0.580. The number of hydrogen-bond donors (Lipinski definition) is 1. The van der Waals surface area contributed by atoms with Crippen LogP contribution in [0.5, 0.6) is 0 Å². The number of benzene rings is 1. The summed E-state index contributed by atoms with van der Waals surface area (Å²) in [7, 11) is 0. The Bertz CT molecular complexity index is 442. The topological polar surface area (TPSA) is 18.5 Å². The summed E-state index contributed by atoms with van der Waals surface area (Å²) in [5, 5.41) is 3.45. The Labute approximate surface area is 137 Å². The van der Waals surface area contributed by atoms with Gasteiger partial charge in [0.2, 0.25) is 0 Å². The van der Waals surface area contributed by atoms with Crippen LogP contribution in [0.4, 0.5) is 5.69 Å². The largest absolute Gasteiger partial charge is 0.369 e. The third kappa shape index (κ3) is 4.44. The van der Waals surface area contributed by atoms with Crippen molar-refractivity contribution in [2.45, 2.75) is 39.8 Å². The summed E-state index contributed by atoms with van der Waals surface area (Å²) in [6, 6.07) is 7.36. The second-order valence-corrected chi connectivity index (χ2v) is 6.75. The van der Waals surface area contributed by atoms with E-state index in [2.05, 4.69) is 70.0 Å². The quantitative estimate of drug-likeness (QED) is 0.844. The zero-order valence-corrected chi connectivity index (χ0v) is 15.1. The molecule has 1 atom stereocenters. The van der Waals surface area contributed by atoms with E-state index in [1.807, 2.05) is 0 Å². The molecule has 2 rings (SSSR count). The first kappa shape index (κ1) is 16.8. The van der Waals surface area contributed by atoms with Crippen molar-refractivity contribution in [3.8, 4) is 0 Å². The van der Waals surface area contributed by atoms with Crippen LogP contribution in [0.3, 0.4) is 0 Å². The average molecular weight is 354 g/mol. The number of anilines is 1. The maximum absolute atomic E-state index is 3.62. The van der Waals surface area contributed by atoms with Crippen molar-refractivity contribution in [1.82, 2.24) is 10.2 Å². The maximum Gasteiger partial charge on any atom is 0.0424 e. The van der Waals surface area contributed by atoms with E-state index in [4.69, 9.17) is 0 Å². The van der Waals surface area contributed by atoms with Crippen LogP contribution in [0.2, 0.25) is 0 Å². The zero-order chi connectivity index (χ0) is 15.2. The molecule has 1 aliphatic heterocycles. The molecule has 0 spiro atoms. The smallest absolute Gasteiger partial charge is 0.0424 e. The van der Waals surface area contributed by atoms with Gasteiger partial charge in [0.25, 0.3) is 0 Å². The number of piperazine rings is 1. The summed E-state index contributed by atoms with van der Waals surface area (Å²) in [6.07, 6.45) is 1.24. The number of halogens is 1. The molecule has 1 unspecified atom stereocenters. The fraction of sp³-hybridized carbons (Fsp3) is 0.647. The fourth-order valence-electron chi connectivity index (χ4n) is 2.90. The Morgan fingerprint density at radius 1 is 1.19 bits per heavy atom. The van der Waals surface area contributed by atoms with E-state index in [0.717, 1.165) is 26.2 Å². The summed E-state index contributed by atoms with van der Waals surface area (Å²) in [6.45, 7) is 13.3. The van der Waals surface area contributed by atoms with E-state index in [9.17, 15) is 0 Å². The van der Waals surface area contributed by atoms with Gasteiger partial charge in [0.15, 0.2) is 0 Å². The van der Waals surface area contributed by atoms with Crippen molar-refractivity contribution >= 4 is 21.6 Å². The van der Waals surface area contributed by atoms with Gasteiger partial charge in [-0.3, -0.25) is 4.90 Å². The highest BCUT2D eigenvalue weighted by molar-refractivity contribution is 9.10. The highest BCUT2D eigenvalue weighted by atomic mass is 79.9. The van der Waals surface area contributed by atoms with Gasteiger partial charge in [-0.2, -0.15) is 0 Å². The molecule has 1 N–H and O–H groups in total. The molecule has 3 nitrogen and oxygen atoms in total. The SMILES string of the molecule is CCNCc1ccc(Br)cc1N1CCN(C(C)CC)CC1. The fourth-order valence-corrected chi connectivity index (χ4v) is 3.25. The minimum absolute atomic E-state index is 0.705. The molecule has 1 saturated heterocycles. The number of rotatable bonds is 6. The molecular weight excluding hydrogens is 326 g/mol. The van der Waals surface area contributed by atoms with Gasteiger partial charge in [-0.15, -0.1) is 0 Å². The van der Waals surface area contributed by atoms with Gasteiger partial charge in [-0.25, -0.2) is 0 Å². The monoisotopic (exact) mass is 353 g/mol. The molecule has 4 heteroatoms. The maximum atomic E-state index is 3.62. The van der Waals surface area contributed by atoms with Crippen LogP contribution >= 0.6 is 15.9 Å². The van der Waals surface area contributed by atoms with E-state index in [0.29, 0.717) is 6.04 Å². The molecule has 1 fully saturated rings. The summed E-state index contributed by atoms with van der Waals surface area (Å²) >= 11 is 3.62. The van der Waals surface area contributed by atoms with Crippen LogP contribution < -0.4 is 10.2 Å². The molecule has 0 amide bonds. The third-order valence-electron chi connectivity index (χ3n) is 4.48. The van der Waals surface area contributed by atoms with Crippen molar-refractivity contribution in [2.75, 3.05) is 37.6 Å². The molecule has 1 aromatic rings. The predicted molar refractivity (Wildman–Crippen MR) is 95.1 cm³/mol. The van der Waals surface area contributed by atoms with E-state index in [-0.39, 0.29) is 0 Å². The van der Waals surface area contributed by atoms with Crippen LogP contribution in [0.15, 0.2) is 22.7 Å². The standard InChI is InChI=1S/C17H28BrN3/c1-4-14(3)20-8-10-21(11-9-20)17-12-16(18)7-6-15(17)13-19-5-2/h6-7,12,14,19H,4-5,8-11,13H2,1-3H3. The molecule has 1 aromatic carbocycles. The lowest BCUT2D eigenvalue weighted by Crippen LogP contribution is -2.49. The van der Waals surface area contributed by atoms with E-state index in [1.54, 1.807) is 0 Å². The Kier molecular flexibility index (Phi) is 6.52. The van der Waals surface area contributed by atoms with Gasteiger partial charge < -0.3 is 10.2 Å². The summed E-state index contributed by atoms with van der Waals surface area (Å²) in [5.74, 6) is 0. The minimum Gasteiger partial charge on any atom is -0.369 e. The molecule has 21 heavy (non-hydrogen) atoms. The Morgan fingerprint density at radius 3 is 2.52 bits per heavy atom. The minimum atomic E-state index is 0.705. The number of nitrogens with zero attached hydrogens (tertiary/aromatic N) is 2. The summed E-state index contributed by atoms with van der Waals surface area (Å²) in [5.41, 5.74) is 2.78. The lowest BCUT2D eigenvalue weighted by molar-refractivity contribution is 0.192. The highest BCUT2D eigenvalue weighted by Gasteiger charge is 2.21.